The van der Waals surface area contributed by atoms with E-state index in [4.69, 9.17) is 21.1 Å². The molecule has 1 aliphatic heterocycles. The Morgan fingerprint density at radius 2 is 1.92 bits per heavy atom. The Bertz CT molecular complexity index is 1460. The standard InChI is InChI=1S/C29H24BrClN2O5S/c1-3-7-20-12-19(13-24(37-2)27(20)38-17-18-8-5-4-6-9-18)14-25-28(35)33(29(36)39-25)16-26(34)32-21-10-11-22(30)23(31)15-21/h3-6,8-15H,1,7,16-17H2,2H3,(H,32,34)/b25-14-. The quantitative estimate of drug-likeness (QED) is 0.191. The van der Waals surface area contributed by atoms with Gasteiger partial charge in [-0.05, 0) is 81.6 Å². The van der Waals surface area contributed by atoms with Crippen molar-refractivity contribution in [1.29, 1.82) is 0 Å². The Hall–Kier alpha value is -3.53. The number of hydrogen-bond acceptors (Lipinski definition) is 6. The van der Waals surface area contributed by atoms with Crippen LogP contribution in [0, 0.1) is 0 Å². The lowest BCUT2D eigenvalue weighted by atomic mass is 10.0. The van der Waals surface area contributed by atoms with E-state index in [1.54, 1.807) is 36.4 Å². The Balaban J connectivity index is 1.52. The van der Waals surface area contributed by atoms with Gasteiger partial charge in [-0.1, -0.05) is 48.0 Å². The molecule has 200 valence electrons. The van der Waals surface area contributed by atoms with Crippen molar-refractivity contribution in [3.05, 3.63) is 104 Å². The number of nitrogens with zero attached hydrogens (tertiary/aromatic N) is 1. The molecule has 1 saturated heterocycles. The van der Waals surface area contributed by atoms with Crippen molar-refractivity contribution in [2.24, 2.45) is 0 Å². The van der Waals surface area contributed by atoms with Crippen LogP contribution in [0.1, 0.15) is 16.7 Å². The zero-order valence-corrected chi connectivity index (χ0v) is 24.1. The van der Waals surface area contributed by atoms with E-state index in [1.807, 2.05) is 36.4 Å². The lowest BCUT2D eigenvalue weighted by Crippen LogP contribution is -2.36. The van der Waals surface area contributed by atoms with Gasteiger partial charge in [-0.25, -0.2) is 0 Å². The molecule has 4 rings (SSSR count). The number of nitrogens with one attached hydrogen (secondary N) is 1. The molecule has 1 N–H and O–H groups in total. The minimum Gasteiger partial charge on any atom is -0.493 e. The Labute approximate surface area is 243 Å². The van der Waals surface area contributed by atoms with Gasteiger partial charge in [0.25, 0.3) is 11.1 Å². The Morgan fingerprint density at radius 1 is 1.15 bits per heavy atom. The number of carbonyl (C=O) groups is 3. The first-order valence-electron chi connectivity index (χ1n) is 11.8. The summed E-state index contributed by atoms with van der Waals surface area (Å²) in [5, 5.41) is 2.54. The summed E-state index contributed by atoms with van der Waals surface area (Å²) in [6, 6.07) is 18.3. The van der Waals surface area contributed by atoms with Crippen molar-refractivity contribution in [2.75, 3.05) is 19.0 Å². The highest BCUT2D eigenvalue weighted by Crippen LogP contribution is 2.37. The summed E-state index contributed by atoms with van der Waals surface area (Å²) in [5.41, 5.74) is 2.93. The average Bonchev–Trinajstić information content (AvgIpc) is 3.17. The highest BCUT2D eigenvalue weighted by atomic mass is 79.9. The fourth-order valence-corrected chi connectivity index (χ4v) is 5.09. The number of imide groups is 1. The molecule has 0 atom stereocenters. The maximum atomic E-state index is 13.0. The minimum atomic E-state index is -0.553. The number of thioether (sulfide) groups is 1. The second-order valence-corrected chi connectivity index (χ2v) is 10.7. The summed E-state index contributed by atoms with van der Waals surface area (Å²) in [4.78, 5) is 39.3. The predicted octanol–water partition coefficient (Wildman–Crippen LogP) is 7.09. The Morgan fingerprint density at radius 3 is 2.62 bits per heavy atom. The van der Waals surface area contributed by atoms with E-state index in [0.29, 0.717) is 45.3 Å². The molecule has 0 bridgehead atoms. The van der Waals surface area contributed by atoms with Crippen molar-refractivity contribution in [2.45, 2.75) is 13.0 Å². The molecule has 3 aromatic rings. The van der Waals surface area contributed by atoms with Gasteiger partial charge >= 0.3 is 0 Å². The summed E-state index contributed by atoms with van der Waals surface area (Å²) in [6.07, 6.45) is 3.86. The van der Waals surface area contributed by atoms with E-state index in [9.17, 15) is 14.4 Å². The van der Waals surface area contributed by atoms with Crippen molar-refractivity contribution in [3.8, 4) is 11.5 Å². The molecule has 7 nitrogen and oxygen atoms in total. The molecule has 1 fully saturated rings. The first kappa shape index (κ1) is 28.5. The summed E-state index contributed by atoms with van der Waals surface area (Å²) in [6.45, 7) is 3.77. The van der Waals surface area contributed by atoms with Gasteiger partial charge in [0.05, 0.1) is 17.0 Å². The molecule has 3 aromatic carbocycles. The van der Waals surface area contributed by atoms with E-state index in [1.165, 1.54) is 7.11 Å². The second-order valence-electron chi connectivity index (χ2n) is 8.42. The summed E-state index contributed by atoms with van der Waals surface area (Å²) < 4.78 is 12.4. The number of ether oxygens (including phenoxy) is 2. The van der Waals surface area contributed by atoms with Crippen LogP contribution in [0.3, 0.4) is 0 Å². The topological polar surface area (TPSA) is 84.9 Å². The largest absolute Gasteiger partial charge is 0.493 e. The molecule has 0 aromatic heterocycles. The van der Waals surface area contributed by atoms with Gasteiger partial charge in [-0.2, -0.15) is 0 Å². The highest BCUT2D eigenvalue weighted by molar-refractivity contribution is 9.10. The second kappa shape index (κ2) is 13.0. The lowest BCUT2D eigenvalue weighted by Gasteiger charge is -2.16. The molecule has 0 aliphatic carbocycles. The van der Waals surface area contributed by atoms with Crippen LogP contribution in [0.5, 0.6) is 11.5 Å². The number of hydrogen-bond donors (Lipinski definition) is 1. The smallest absolute Gasteiger partial charge is 0.294 e. The number of halogens is 2. The molecule has 10 heteroatoms. The van der Waals surface area contributed by atoms with E-state index in [-0.39, 0.29) is 4.91 Å². The van der Waals surface area contributed by atoms with Crippen molar-refractivity contribution >= 4 is 68.1 Å². The number of anilines is 1. The summed E-state index contributed by atoms with van der Waals surface area (Å²) in [5.74, 6) is -0.00561. The van der Waals surface area contributed by atoms with Gasteiger partial charge < -0.3 is 14.8 Å². The molecule has 0 radical (unpaired) electrons. The van der Waals surface area contributed by atoms with Crippen LogP contribution in [0.2, 0.25) is 5.02 Å². The van der Waals surface area contributed by atoms with Crippen LogP contribution >= 0.6 is 39.3 Å². The fraction of sp³-hybridized carbons (Fsp3) is 0.138. The van der Waals surface area contributed by atoms with Crippen LogP contribution in [-0.2, 0) is 22.6 Å². The van der Waals surface area contributed by atoms with Crippen molar-refractivity contribution in [3.63, 3.8) is 0 Å². The number of rotatable bonds is 10. The van der Waals surface area contributed by atoms with E-state index < -0.39 is 23.6 Å². The molecule has 3 amide bonds. The van der Waals surface area contributed by atoms with Gasteiger partial charge in [-0.3, -0.25) is 19.3 Å². The fourth-order valence-electron chi connectivity index (χ4n) is 3.82. The number of amides is 3. The van der Waals surface area contributed by atoms with Gasteiger partial charge in [0.2, 0.25) is 5.91 Å². The number of allylic oxidation sites excluding steroid dienone is 1. The Kier molecular flexibility index (Phi) is 9.50. The lowest BCUT2D eigenvalue weighted by molar-refractivity contribution is -0.127. The zero-order valence-electron chi connectivity index (χ0n) is 20.9. The van der Waals surface area contributed by atoms with E-state index in [0.717, 1.165) is 27.8 Å². The van der Waals surface area contributed by atoms with Crippen molar-refractivity contribution in [1.82, 2.24) is 4.90 Å². The van der Waals surface area contributed by atoms with Gasteiger partial charge in [-0.15, -0.1) is 6.58 Å². The van der Waals surface area contributed by atoms with Gasteiger partial charge in [0.15, 0.2) is 11.5 Å². The van der Waals surface area contributed by atoms with E-state index in [2.05, 4.69) is 27.8 Å². The number of methoxy groups -OCH3 is 1. The van der Waals surface area contributed by atoms with Crippen LogP contribution in [0.15, 0.2) is 82.7 Å². The zero-order chi connectivity index (χ0) is 27.9. The van der Waals surface area contributed by atoms with E-state index >= 15 is 0 Å². The molecule has 39 heavy (non-hydrogen) atoms. The third-order valence-corrected chi connectivity index (χ3v) is 7.78. The third-order valence-electron chi connectivity index (χ3n) is 5.64. The number of benzene rings is 3. The SMILES string of the molecule is C=CCc1cc(/C=C2\SC(=O)N(CC(=O)Nc3ccc(Br)c(Cl)c3)C2=O)cc(OC)c1OCc1ccccc1. The molecular formula is C29H24BrClN2O5S. The first-order chi connectivity index (χ1) is 18.8. The van der Waals surface area contributed by atoms with Gasteiger partial charge in [0.1, 0.15) is 13.2 Å². The highest BCUT2D eigenvalue weighted by Gasteiger charge is 2.36. The van der Waals surface area contributed by atoms with Crippen LogP contribution in [0.25, 0.3) is 6.08 Å². The predicted molar refractivity (Wildman–Crippen MR) is 158 cm³/mol. The molecule has 1 heterocycles. The third kappa shape index (κ3) is 7.11. The maximum absolute atomic E-state index is 13.0. The molecular weight excluding hydrogens is 604 g/mol. The van der Waals surface area contributed by atoms with Crippen LogP contribution < -0.4 is 14.8 Å². The van der Waals surface area contributed by atoms with Gasteiger partial charge in [0, 0.05) is 15.7 Å². The van der Waals surface area contributed by atoms with Crippen LogP contribution in [0.4, 0.5) is 10.5 Å². The molecule has 0 spiro atoms. The summed E-state index contributed by atoms with van der Waals surface area (Å²) >= 11 is 10.1. The number of carbonyl (C=O) groups excluding carboxylic acids is 3. The first-order valence-corrected chi connectivity index (χ1v) is 13.8. The molecule has 0 unspecified atom stereocenters. The van der Waals surface area contributed by atoms with Crippen molar-refractivity contribution < 1.29 is 23.9 Å². The molecule has 0 saturated carbocycles. The maximum Gasteiger partial charge on any atom is 0.294 e. The normalized spacial score (nSPS) is 14.0. The monoisotopic (exact) mass is 626 g/mol. The average molecular weight is 628 g/mol. The summed E-state index contributed by atoms with van der Waals surface area (Å²) in [7, 11) is 1.54. The molecule has 1 aliphatic rings. The van der Waals surface area contributed by atoms with Crippen LogP contribution in [-0.4, -0.2) is 35.6 Å². The minimum absolute atomic E-state index is 0.198.